The van der Waals surface area contributed by atoms with Crippen LogP contribution < -0.4 is 5.32 Å². The summed E-state index contributed by atoms with van der Waals surface area (Å²) in [4.78, 5) is 14.2. The Morgan fingerprint density at radius 2 is 1.57 bits per heavy atom. The molecule has 1 rings (SSSR count). The van der Waals surface area contributed by atoms with Crippen LogP contribution in [0.1, 0.15) is 34.1 Å². The first kappa shape index (κ1) is 18.4. The summed E-state index contributed by atoms with van der Waals surface area (Å²) in [6.07, 6.45) is 0.824. The van der Waals surface area contributed by atoms with E-state index >= 15 is 0 Å². The maximum Gasteiger partial charge on any atom is 0.243 e. The molecule has 0 unspecified atom stereocenters. The molecule has 1 heterocycles. The van der Waals surface area contributed by atoms with Crippen LogP contribution in [0.5, 0.6) is 0 Å². The van der Waals surface area contributed by atoms with Crippen molar-refractivity contribution in [3.63, 3.8) is 0 Å². The van der Waals surface area contributed by atoms with Crippen molar-refractivity contribution in [1.82, 2.24) is 10.2 Å². The van der Waals surface area contributed by atoms with Gasteiger partial charge in [0.2, 0.25) is 5.91 Å². The van der Waals surface area contributed by atoms with Gasteiger partial charge in [0.25, 0.3) is 0 Å². The summed E-state index contributed by atoms with van der Waals surface area (Å²) in [7, 11) is 1.65. The minimum absolute atomic E-state index is 0.149. The first-order valence-electron chi connectivity index (χ1n) is 7.57. The Balaban J connectivity index is 2.14. The second-order valence-corrected chi connectivity index (χ2v) is 6.34. The van der Waals surface area contributed by atoms with Crippen LogP contribution in [0.4, 0.5) is 0 Å². The Hall–Kier alpha value is -0.690. The van der Waals surface area contributed by atoms with Gasteiger partial charge in [-0.2, -0.15) is 0 Å². The molecule has 0 saturated carbocycles. The van der Waals surface area contributed by atoms with E-state index in [9.17, 15) is 4.79 Å². The van der Waals surface area contributed by atoms with E-state index in [4.69, 9.17) is 14.2 Å². The zero-order valence-corrected chi connectivity index (χ0v) is 14.0. The molecular weight excluding hydrogens is 272 g/mol. The molecule has 6 heteroatoms. The van der Waals surface area contributed by atoms with E-state index in [0.29, 0.717) is 39.6 Å². The second-order valence-electron chi connectivity index (χ2n) is 6.34. The van der Waals surface area contributed by atoms with Gasteiger partial charge in [-0.3, -0.25) is 10.1 Å². The van der Waals surface area contributed by atoms with Gasteiger partial charge >= 0.3 is 0 Å². The predicted molar refractivity (Wildman–Crippen MR) is 81.1 cm³/mol. The highest BCUT2D eigenvalue weighted by molar-refractivity contribution is 5.88. The highest BCUT2D eigenvalue weighted by Gasteiger charge is 2.48. The van der Waals surface area contributed by atoms with Crippen molar-refractivity contribution >= 4 is 5.91 Å². The molecule has 0 aliphatic carbocycles. The Labute approximate surface area is 128 Å². The number of carbonyl (C=O) groups excluding carboxylic acids is 1. The van der Waals surface area contributed by atoms with Crippen LogP contribution in [0.25, 0.3) is 0 Å². The molecular formula is C15H30N2O4. The number of ether oxygens (including phenoxy) is 3. The molecule has 1 N–H and O–H groups in total. The molecule has 21 heavy (non-hydrogen) atoms. The van der Waals surface area contributed by atoms with Gasteiger partial charge < -0.3 is 19.1 Å². The van der Waals surface area contributed by atoms with Crippen LogP contribution in [0, 0.1) is 0 Å². The molecule has 0 aromatic carbocycles. The lowest BCUT2D eigenvalue weighted by molar-refractivity contribution is -0.133. The molecule has 0 radical (unpaired) electrons. The maximum atomic E-state index is 12.3. The van der Waals surface area contributed by atoms with Crippen molar-refractivity contribution in [3.05, 3.63) is 0 Å². The fourth-order valence-corrected chi connectivity index (χ4v) is 2.65. The van der Waals surface area contributed by atoms with Crippen LogP contribution in [0.3, 0.4) is 0 Å². The zero-order valence-electron chi connectivity index (χ0n) is 14.0. The van der Waals surface area contributed by atoms with Gasteiger partial charge in [0.1, 0.15) is 0 Å². The van der Waals surface area contributed by atoms with Gasteiger partial charge in [0.15, 0.2) is 0 Å². The van der Waals surface area contributed by atoms with Crippen molar-refractivity contribution in [2.45, 2.75) is 45.3 Å². The summed E-state index contributed by atoms with van der Waals surface area (Å²) in [5.74, 6) is 0.149. The van der Waals surface area contributed by atoms with E-state index in [1.807, 2.05) is 32.6 Å². The number of rotatable bonds is 10. The number of nitrogens with zero attached hydrogens (tertiary/aromatic N) is 1. The molecule has 0 spiro atoms. The monoisotopic (exact) mass is 302 g/mol. The summed E-state index contributed by atoms with van der Waals surface area (Å²) in [5.41, 5.74) is -0.788. The minimum atomic E-state index is -0.487. The molecule has 1 amide bonds. The Kier molecular flexibility index (Phi) is 7.06. The number of hydrogen-bond donors (Lipinski definition) is 1. The molecule has 6 nitrogen and oxygen atoms in total. The Bertz CT molecular complexity index is 332. The van der Waals surface area contributed by atoms with Crippen molar-refractivity contribution in [2.24, 2.45) is 0 Å². The van der Waals surface area contributed by atoms with Crippen LogP contribution in [0.15, 0.2) is 0 Å². The van der Waals surface area contributed by atoms with Crippen molar-refractivity contribution < 1.29 is 19.0 Å². The van der Waals surface area contributed by atoms with Gasteiger partial charge in [-0.1, -0.05) is 0 Å². The molecule has 0 aromatic rings. The molecule has 1 aliphatic heterocycles. The Morgan fingerprint density at radius 1 is 1.00 bits per heavy atom. The molecule has 124 valence electrons. The van der Waals surface area contributed by atoms with Gasteiger partial charge in [0.05, 0.1) is 37.6 Å². The van der Waals surface area contributed by atoms with E-state index in [1.54, 1.807) is 7.11 Å². The molecule has 1 aliphatic rings. The fraction of sp³-hybridized carbons (Fsp3) is 0.933. The molecule has 0 atom stereocenters. The summed E-state index contributed by atoms with van der Waals surface area (Å²) in [6.45, 7) is 11.6. The van der Waals surface area contributed by atoms with E-state index in [2.05, 4.69) is 5.32 Å². The number of amides is 1. The quantitative estimate of drug-likeness (QED) is 0.610. The highest BCUT2D eigenvalue weighted by atomic mass is 16.5. The third-order valence-electron chi connectivity index (χ3n) is 3.55. The SMILES string of the molecule is COCCOCCOCCCN1C(=O)C(C)(C)NC1(C)C. The van der Waals surface area contributed by atoms with Crippen LogP contribution in [-0.2, 0) is 19.0 Å². The lowest BCUT2D eigenvalue weighted by atomic mass is 10.1. The van der Waals surface area contributed by atoms with Crippen molar-refractivity contribution in [1.29, 1.82) is 0 Å². The first-order chi connectivity index (χ1) is 9.81. The number of hydrogen-bond acceptors (Lipinski definition) is 5. The topological polar surface area (TPSA) is 60.0 Å². The normalized spacial score (nSPS) is 20.2. The van der Waals surface area contributed by atoms with Crippen molar-refractivity contribution in [2.75, 3.05) is 46.7 Å². The lowest BCUT2D eigenvalue weighted by Gasteiger charge is -2.31. The van der Waals surface area contributed by atoms with Crippen LogP contribution in [-0.4, -0.2) is 68.7 Å². The average Bonchev–Trinajstić information content (AvgIpc) is 2.54. The average molecular weight is 302 g/mol. The van der Waals surface area contributed by atoms with Crippen LogP contribution >= 0.6 is 0 Å². The summed E-state index contributed by atoms with van der Waals surface area (Å²) in [5, 5.41) is 3.35. The fourth-order valence-electron chi connectivity index (χ4n) is 2.65. The van der Waals surface area contributed by atoms with Gasteiger partial charge in [-0.05, 0) is 34.1 Å². The predicted octanol–water partition coefficient (Wildman–Crippen LogP) is 1.00. The van der Waals surface area contributed by atoms with Gasteiger partial charge in [0, 0.05) is 20.3 Å². The van der Waals surface area contributed by atoms with Gasteiger partial charge in [-0.25, -0.2) is 0 Å². The first-order valence-corrected chi connectivity index (χ1v) is 7.57. The largest absolute Gasteiger partial charge is 0.382 e. The summed E-state index contributed by atoms with van der Waals surface area (Å²) >= 11 is 0. The number of carbonyl (C=O) groups is 1. The third kappa shape index (κ3) is 5.54. The molecule has 0 bridgehead atoms. The lowest BCUT2D eigenvalue weighted by Crippen LogP contribution is -2.48. The summed E-state index contributed by atoms with van der Waals surface area (Å²) < 4.78 is 15.7. The Morgan fingerprint density at radius 3 is 2.10 bits per heavy atom. The summed E-state index contributed by atoms with van der Waals surface area (Å²) in [6, 6.07) is 0. The molecule has 0 aromatic heterocycles. The van der Waals surface area contributed by atoms with Crippen LogP contribution in [0.2, 0.25) is 0 Å². The van der Waals surface area contributed by atoms with E-state index < -0.39 is 5.54 Å². The third-order valence-corrected chi connectivity index (χ3v) is 3.55. The van der Waals surface area contributed by atoms with Gasteiger partial charge in [-0.15, -0.1) is 0 Å². The van der Waals surface area contributed by atoms with E-state index in [0.717, 1.165) is 6.42 Å². The van der Waals surface area contributed by atoms with Crippen molar-refractivity contribution in [3.8, 4) is 0 Å². The zero-order chi connectivity index (χ0) is 15.9. The standard InChI is InChI=1S/C15H30N2O4/c1-14(2)13(18)17(15(3,4)16-14)7-6-8-20-11-12-21-10-9-19-5/h16H,6-12H2,1-5H3. The van der Waals surface area contributed by atoms with E-state index in [-0.39, 0.29) is 11.6 Å². The second kappa shape index (κ2) is 8.08. The smallest absolute Gasteiger partial charge is 0.243 e. The molecule has 1 fully saturated rings. The maximum absolute atomic E-state index is 12.3. The minimum Gasteiger partial charge on any atom is -0.382 e. The number of nitrogens with one attached hydrogen (secondary N) is 1. The molecule has 1 saturated heterocycles. The van der Waals surface area contributed by atoms with E-state index in [1.165, 1.54) is 0 Å². The number of methoxy groups -OCH3 is 1. The highest BCUT2D eigenvalue weighted by Crippen LogP contribution is 2.27.